The molecule has 2 aromatic carbocycles. The smallest absolute Gasteiger partial charge is 0.225 e. The Morgan fingerprint density at radius 3 is 2.53 bits per heavy atom. The van der Waals surface area contributed by atoms with Gasteiger partial charge in [0.1, 0.15) is 5.69 Å². The fourth-order valence-electron chi connectivity index (χ4n) is 3.15. The Bertz CT molecular complexity index is 1110. The van der Waals surface area contributed by atoms with Gasteiger partial charge in [0.15, 0.2) is 5.82 Å². The molecule has 1 amide bonds. The number of nitrogen functional groups attached to an aromatic ring is 1. The molecule has 0 bridgehead atoms. The van der Waals surface area contributed by atoms with Crippen LogP contribution in [0.5, 0.6) is 0 Å². The molecule has 0 spiro atoms. The van der Waals surface area contributed by atoms with Crippen molar-refractivity contribution in [3.8, 4) is 21.8 Å². The molecule has 3 N–H and O–H groups in total. The maximum absolute atomic E-state index is 12.5. The molecule has 0 unspecified atom stereocenters. The van der Waals surface area contributed by atoms with E-state index in [1.54, 1.807) is 17.5 Å². The van der Waals surface area contributed by atoms with Gasteiger partial charge in [-0.15, -0.1) is 11.3 Å². The molecule has 4 rings (SSSR count). The van der Waals surface area contributed by atoms with Gasteiger partial charge in [0.25, 0.3) is 0 Å². The van der Waals surface area contributed by atoms with Crippen molar-refractivity contribution in [2.75, 3.05) is 11.1 Å². The normalized spacial score (nSPS) is 10.7. The third-order valence-electron chi connectivity index (χ3n) is 4.70. The number of anilines is 2. The quantitative estimate of drug-likeness (QED) is 0.396. The molecule has 150 valence electrons. The topological polar surface area (TPSA) is 80.9 Å². The van der Waals surface area contributed by atoms with E-state index in [1.807, 2.05) is 60.0 Å². The Morgan fingerprint density at radius 1 is 1.00 bits per heavy atom. The minimum atomic E-state index is -0.0572. The maximum atomic E-state index is 12.5. The van der Waals surface area contributed by atoms with E-state index in [9.17, 15) is 4.79 Å². The minimum absolute atomic E-state index is 0.0572. The van der Waals surface area contributed by atoms with Crippen LogP contribution in [0.4, 0.5) is 11.5 Å². The van der Waals surface area contributed by atoms with Crippen molar-refractivity contribution in [2.24, 2.45) is 0 Å². The first-order valence-electron chi connectivity index (χ1n) is 9.79. The molecule has 0 aliphatic rings. The number of aryl methyl sites for hydroxylation is 1. The lowest BCUT2D eigenvalue weighted by Crippen LogP contribution is -2.14. The molecular weight excluding hydrogens is 392 g/mol. The molecule has 30 heavy (non-hydrogen) atoms. The SMILES string of the molecule is Nc1ccc(-c2cnc(NC(=O)CCCc3ccccc3)c(-c3cccs3)n2)cc1. The summed E-state index contributed by atoms with van der Waals surface area (Å²) in [4.78, 5) is 22.8. The number of thiophene rings is 1. The fourth-order valence-corrected chi connectivity index (χ4v) is 3.87. The molecule has 2 heterocycles. The van der Waals surface area contributed by atoms with E-state index in [0.717, 1.165) is 29.0 Å². The zero-order valence-corrected chi connectivity index (χ0v) is 17.2. The van der Waals surface area contributed by atoms with Crippen LogP contribution in [0, 0.1) is 0 Å². The second kappa shape index (κ2) is 9.33. The van der Waals surface area contributed by atoms with Gasteiger partial charge in [-0.1, -0.05) is 48.5 Å². The van der Waals surface area contributed by atoms with E-state index in [1.165, 1.54) is 5.56 Å². The average Bonchev–Trinajstić information content (AvgIpc) is 3.30. The number of nitrogens with two attached hydrogens (primary N) is 1. The molecular formula is C24H22N4OS. The van der Waals surface area contributed by atoms with Gasteiger partial charge in [-0.05, 0) is 42.0 Å². The molecule has 0 aliphatic heterocycles. The number of carbonyl (C=O) groups excluding carboxylic acids is 1. The van der Waals surface area contributed by atoms with Crippen molar-refractivity contribution in [3.63, 3.8) is 0 Å². The van der Waals surface area contributed by atoms with Crippen LogP contribution in [0.3, 0.4) is 0 Å². The average molecular weight is 415 g/mol. The summed E-state index contributed by atoms with van der Waals surface area (Å²) in [6.45, 7) is 0. The van der Waals surface area contributed by atoms with Crippen LogP contribution in [0.1, 0.15) is 18.4 Å². The van der Waals surface area contributed by atoms with Crippen molar-refractivity contribution in [3.05, 3.63) is 83.9 Å². The van der Waals surface area contributed by atoms with Gasteiger partial charge in [-0.3, -0.25) is 4.79 Å². The van der Waals surface area contributed by atoms with E-state index in [4.69, 9.17) is 10.7 Å². The van der Waals surface area contributed by atoms with Crippen LogP contribution in [-0.2, 0) is 11.2 Å². The first-order chi connectivity index (χ1) is 14.7. The van der Waals surface area contributed by atoms with E-state index in [2.05, 4.69) is 22.4 Å². The Hall–Kier alpha value is -3.51. The summed E-state index contributed by atoms with van der Waals surface area (Å²) in [7, 11) is 0. The van der Waals surface area contributed by atoms with Gasteiger partial charge in [-0.2, -0.15) is 0 Å². The van der Waals surface area contributed by atoms with Crippen LogP contribution >= 0.6 is 11.3 Å². The number of nitrogens with zero attached hydrogens (tertiary/aromatic N) is 2. The van der Waals surface area contributed by atoms with Crippen LogP contribution in [0.25, 0.3) is 21.8 Å². The van der Waals surface area contributed by atoms with Crippen LogP contribution in [-0.4, -0.2) is 15.9 Å². The molecule has 2 aromatic heterocycles. The third kappa shape index (κ3) is 4.90. The summed E-state index contributed by atoms with van der Waals surface area (Å²) in [5, 5.41) is 4.93. The summed E-state index contributed by atoms with van der Waals surface area (Å²) in [5.41, 5.74) is 10.1. The van der Waals surface area contributed by atoms with E-state index >= 15 is 0 Å². The Morgan fingerprint density at radius 2 is 1.80 bits per heavy atom. The minimum Gasteiger partial charge on any atom is -0.399 e. The molecule has 0 fully saturated rings. The monoisotopic (exact) mass is 414 g/mol. The van der Waals surface area contributed by atoms with Gasteiger partial charge < -0.3 is 11.1 Å². The van der Waals surface area contributed by atoms with E-state index in [0.29, 0.717) is 23.6 Å². The van der Waals surface area contributed by atoms with Gasteiger partial charge in [-0.25, -0.2) is 9.97 Å². The number of amides is 1. The molecule has 0 atom stereocenters. The zero-order valence-electron chi connectivity index (χ0n) is 16.4. The molecule has 0 saturated carbocycles. The predicted octanol–water partition coefficient (Wildman–Crippen LogP) is 5.42. The molecule has 0 aliphatic carbocycles. The number of hydrogen-bond acceptors (Lipinski definition) is 5. The predicted molar refractivity (Wildman–Crippen MR) is 123 cm³/mol. The number of hydrogen-bond donors (Lipinski definition) is 2. The lowest BCUT2D eigenvalue weighted by Gasteiger charge is -2.11. The molecule has 0 saturated heterocycles. The van der Waals surface area contributed by atoms with Gasteiger partial charge in [0.2, 0.25) is 5.91 Å². The lowest BCUT2D eigenvalue weighted by atomic mass is 10.1. The van der Waals surface area contributed by atoms with Gasteiger partial charge in [0, 0.05) is 17.7 Å². The van der Waals surface area contributed by atoms with Crippen molar-refractivity contribution >= 4 is 28.7 Å². The summed E-state index contributed by atoms with van der Waals surface area (Å²) >= 11 is 1.56. The van der Waals surface area contributed by atoms with Crippen molar-refractivity contribution in [1.29, 1.82) is 0 Å². The Kier molecular flexibility index (Phi) is 6.15. The van der Waals surface area contributed by atoms with Gasteiger partial charge >= 0.3 is 0 Å². The molecule has 6 heteroatoms. The van der Waals surface area contributed by atoms with Crippen LogP contribution in [0.2, 0.25) is 0 Å². The van der Waals surface area contributed by atoms with E-state index in [-0.39, 0.29) is 5.91 Å². The molecule has 5 nitrogen and oxygen atoms in total. The van der Waals surface area contributed by atoms with Crippen molar-refractivity contribution < 1.29 is 4.79 Å². The number of carbonyl (C=O) groups is 1. The van der Waals surface area contributed by atoms with Crippen LogP contribution < -0.4 is 11.1 Å². The summed E-state index contributed by atoms with van der Waals surface area (Å²) < 4.78 is 0. The number of rotatable bonds is 7. The van der Waals surface area contributed by atoms with E-state index < -0.39 is 0 Å². The largest absolute Gasteiger partial charge is 0.399 e. The van der Waals surface area contributed by atoms with Crippen molar-refractivity contribution in [2.45, 2.75) is 19.3 Å². The Balaban J connectivity index is 1.50. The second-order valence-corrected chi connectivity index (χ2v) is 7.89. The number of benzene rings is 2. The second-order valence-electron chi connectivity index (χ2n) is 6.94. The Labute approximate surface area is 179 Å². The van der Waals surface area contributed by atoms with Gasteiger partial charge in [0.05, 0.1) is 16.8 Å². The molecule has 0 radical (unpaired) electrons. The summed E-state index contributed by atoms with van der Waals surface area (Å²) in [6, 6.07) is 21.6. The molecule has 4 aromatic rings. The highest BCUT2D eigenvalue weighted by molar-refractivity contribution is 7.13. The lowest BCUT2D eigenvalue weighted by molar-refractivity contribution is -0.116. The first-order valence-corrected chi connectivity index (χ1v) is 10.7. The zero-order chi connectivity index (χ0) is 20.8. The summed E-state index contributed by atoms with van der Waals surface area (Å²) in [5.74, 6) is 0.430. The number of aromatic nitrogens is 2. The first kappa shape index (κ1) is 19.8. The standard InChI is InChI=1S/C24H22N4OS/c25-19-13-11-18(12-14-19)20-16-26-24(23(27-20)21-9-5-15-30-21)28-22(29)10-4-8-17-6-2-1-3-7-17/h1-3,5-7,9,11-16H,4,8,10,25H2,(H,26,28,29). The summed E-state index contributed by atoms with van der Waals surface area (Å²) in [6.07, 6.45) is 3.76. The highest BCUT2D eigenvalue weighted by Crippen LogP contribution is 2.31. The number of nitrogens with one attached hydrogen (secondary N) is 1. The van der Waals surface area contributed by atoms with Crippen LogP contribution in [0.15, 0.2) is 78.3 Å². The highest BCUT2D eigenvalue weighted by atomic mass is 32.1. The van der Waals surface area contributed by atoms with Crippen molar-refractivity contribution in [1.82, 2.24) is 9.97 Å². The highest BCUT2D eigenvalue weighted by Gasteiger charge is 2.14. The third-order valence-corrected chi connectivity index (χ3v) is 5.58. The fraction of sp³-hybridized carbons (Fsp3) is 0.125. The maximum Gasteiger partial charge on any atom is 0.225 e.